The van der Waals surface area contributed by atoms with E-state index in [2.05, 4.69) is 6.07 Å². The summed E-state index contributed by atoms with van der Waals surface area (Å²) in [6.45, 7) is 0. The van der Waals surface area contributed by atoms with Gasteiger partial charge in [0.25, 0.3) is 0 Å². The summed E-state index contributed by atoms with van der Waals surface area (Å²) in [7, 11) is 1.30. The number of nitrogens with zero attached hydrogens (tertiary/aromatic N) is 1. The van der Waals surface area contributed by atoms with E-state index in [-0.39, 0.29) is 5.56 Å². The van der Waals surface area contributed by atoms with E-state index in [1.165, 1.54) is 7.11 Å². The van der Waals surface area contributed by atoms with Gasteiger partial charge in [-0.15, -0.1) is 0 Å². The molecule has 4 nitrogen and oxygen atoms in total. The van der Waals surface area contributed by atoms with Crippen LogP contribution in [0.25, 0.3) is 33.7 Å². The highest BCUT2D eigenvalue weighted by molar-refractivity contribution is 6.33. The number of methoxy groups -OCH3 is 1. The predicted octanol–water partition coefficient (Wildman–Crippen LogP) is 6.60. The number of esters is 1. The highest BCUT2D eigenvalue weighted by Crippen LogP contribution is 2.30. The summed E-state index contributed by atoms with van der Waals surface area (Å²) in [6.07, 6.45) is 1.71. The van der Waals surface area contributed by atoms with Crippen LogP contribution in [-0.4, -0.2) is 13.1 Å². The van der Waals surface area contributed by atoms with Crippen molar-refractivity contribution >= 4 is 40.0 Å². The van der Waals surface area contributed by atoms with Crippen LogP contribution in [0.4, 0.5) is 0 Å². The molecule has 0 aliphatic carbocycles. The first-order valence-corrected chi connectivity index (χ1v) is 9.56. The van der Waals surface area contributed by atoms with Gasteiger partial charge in [0.05, 0.1) is 29.3 Å². The van der Waals surface area contributed by atoms with Crippen LogP contribution in [0, 0.1) is 11.3 Å². The van der Waals surface area contributed by atoms with Gasteiger partial charge in [0.15, 0.2) is 0 Å². The Balaban J connectivity index is 1.73. The molecule has 0 amide bonds. The number of furan rings is 1. The minimum Gasteiger partial charge on any atom is -0.465 e. The van der Waals surface area contributed by atoms with Crippen LogP contribution in [0.1, 0.15) is 21.7 Å². The van der Waals surface area contributed by atoms with Gasteiger partial charge in [-0.25, -0.2) is 4.79 Å². The molecule has 0 unspecified atom stereocenters. The maximum absolute atomic E-state index is 11.9. The summed E-state index contributed by atoms with van der Waals surface area (Å²) in [5.41, 5.74) is 2.29. The second kappa shape index (κ2) is 8.28. The average Bonchev–Trinajstić information content (AvgIpc) is 3.25. The third-order valence-corrected chi connectivity index (χ3v) is 5.10. The van der Waals surface area contributed by atoms with Gasteiger partial charge in [0, 0.05) is 11.1 Å². The number of ether oxygens (including phenoxy) is 1. The first-order valence-electron chi connectivity index (χ1n) is 9.18. The lowest BCUT2D eigenvalue weighted by atomic mass is 9.98. The Bertz CT molecular complexity index is 1320. The van der Waals surface area contributed by atoms with E-state index >= 15 is 0 Å². The molecule has 0 atom stereocenters. The van der Waals surface area contributed by atoms with Crippen LogP contribution in [0.15, 0.2) is 77.2 Å². The van der Waals surface area contributed by atoms with Crippen molar-refractivity contribution in [2.24, 2.45) is 0 Å². The fourth-order valence-electron chi connectivity index (χ4n) is 3.30. The molecule has 3 aromatic carbocycles. The molecule has 0 spiro atoms. The van der Waals surface area contributed by atoms with Gasteiger partial charge >= 0.3 is 5.97 Å². The van der Waals surface area contributed by atoms with Crippen molar-refractivity contribution in [3.63, 3.8) is 0 Å². The molecule has 0 N–H and O–H groups in total. The van der Waals surface area contributed by atoms with Crippen molar-refractivity contribution in [2.45, 2.75) is 0 Å². The zero-order chi connectivity index (χ0) is 21.1. The summed E-state index contributed by atoms with van der Waals surface area (Å²) in [6, 6.07) is 24.6. The van der Waals surface area contributed by atoms with E-state index in [4.69, 9.17) is 20.8 Å². The van der Waals surface area contributed by atoms with Crippen LogP contribution >= 0.6 is 11.6 Å². The first kappa shape index (κ1) is 19.5. The lowest BCUT2D eigenvalue weighted by Gasteiger charge is -2.05. The third kappa shape index (κ3) is 3.71. The molecule has 0 radical (unpaired) electrons. The molecule has 0 aliphatic rings. The Morgan fingerprint density at radius 2 is 1.83 bits per heavy atom. The van der Waals surface area contributed by atoms with E-state index < -0.39 is 5.97 Å². The molecule has 0 saturated carbocycles. The van der Waals surface area contributed by atoms with Gasteiger partial charge in [-0.2, -0.15) is 5.26 Å². The molecule has 0 fully saturated rings. The highest BCUT2D eigenvalue weighted by atomic mass is 35.5. The molecule has 0 bridgehead atoms. The molecule has 146 valence electrons. The summed E-state index contributed by atoms with van der Waals surface area (Å²) in [5.74, 6) is 0.568. The number of nitriles is 1. The van der Waals surface area contributed by atoms with Gasteiger partial charge < -0.3 is 9.15 Å². The van der Waals surface area contributed by atoms with Gasteiger partial charge in [0.1, 0.15) is 11.5 Å². The van der Waals surface area contributed by atoms with E-state index in [0.29, 0.717) is 27.7 Å². The second-order valence-electron chi connectivity index (χ2n) is 6.58. The summed E-state index contributed by atoms with van der Waals surface area (Å²) in [5, 5.41) is 12.1. The van der Waals surface area contributed by atoms with E-state index in [0.717, 1.165) is 16.3 Å². The number of hydrogen-bond donors (Lipinski definition) is 0. The van der Waals surface area contributed by atoms with Gasteiger partial charge in [-0.3, -0.25) is 0 Å². The molecule has 1 heterocycles. The Morgan fingerprint density at radius 3 is 2.63 bits per heavy atom. The van der Waals surface area contributed by atoms with Crippen LogP contribution in [0.2, 0.25) is 5.02 Å². The molecule has 0 saturated heterocycles. The fourth-order valence-corrected chi connectivity index (χ4v) is 3.50. The van der Waals surface area contributed by atoms with Crippen molar-refractivity contribution in [1.29, 1.82) is 5.26 Å². The molecule has 0 aliphatic heterocycles. The molecule has 5 heteroatoms. The SMILES string of the molecule is COC(=O)c1cc(-c2ccc(/C=C(/C#N)c3cccc4ccccc34)o2)ccc1Cl. The van der Waals surface area contributed by atoms with E-state index in [1.807, 2.05) is 42.5 Å². The second-order valence-corrected chi connectivity index (χ2v) is 6.99. The van der Waals surface area contributed by atoms with Crippen molar-refractivity contribution < 1.29 is 13.9 Å². The number of carbonyl (C=O) groups is 1. The van der Waals surface area contributed by atoms with E-state index in [9.17, 15) is 10.1 Å². The van der Waals surface area contributed by atoms with Crippen molar-refractivity contribution in [2.75, 3.05) is 7.11 Å². The molecular formula is C25H16ClNO3. The topological polar surface area (TPSA) is 63.2 Å². The largest absolute Gasteiger partial charge is 0.465 e. The zero-order valence-corrected chi connectivity index (χ0v) is 16.8. The van der Waals surface area contributed by atoms with Gasteiger partial charge in [-0.1, -0.05) is 54.1 Å². The number of carbonyl (C=O) groups excluding carboxylic acids is 1. The quantitative estimate of drug-likeness (QED) is 0.279. The number of rotatable bonds is 4. The zero-order valence-electron chi connectivity index (χ0n) is 16.1. The normalized spacial score (nSPS) is 11.3. The molecule has 4 rings (SSSR count). The number of hydrogen-bond acceptors (Lipinski definition) is 4. The standard InChI is InChI=1S/C25H16ClNO3/c1-29-25(28)22-14-17(9-11-23(22)26)24-12-10-19(30-24)13-18(15-27)21-8-4-6-16-5-2-3-7-20(16)21/h2-14H,1H3/b18-13-. The lowest BCUT2D eigenvalue weighted by Crippen LogP contribution is -2.02. The Kier molecular flexibility index (Phi) is 5.38. The molecule has 30 heavy (non-hydrogen) atoms. The minimum absolute atomic E-state index is 0.263. The number of fused-ring (bicyclic) bond motifs is 1. The van der Waals surface area contributed by atoms with Gasteiger partial charge in [0.2, 0.25) is 0 Å². The number of benzene rings is 3. The Morgan fingerprint density at radius 1 is 1.03 bits per heavy atom. The van der Waals surface area contributed by atoms with E-state index in [1.54, 1.807) is 36.4 Å². The highest BCUT2D eigenvalue weighted by Gasteiger charge is 2.14. The van der Waals surface area contributed by atoms with Crippen molar-refractivity contribution in [1.82, 2.24) is 0 Å². The number of halogens is 1. The Labute approximate surface area is 178 Å². The monoisotopic (exact) mass is 413 g/mol. The first-order chi connectivity index (χ1) is 14.6. The van der Waals surface area contributed by atoms with Crippen LogP contribution in [-0.2, 0) is 4.74 Å². The lowest BCUT2D eigenvalue weighted by molar-refractivity contribution is 0.0601. The van der Waals surface area contributed by atoms with Crippen LogP contribution in [0.3, 0.4) is 0 Å². The molecular weight excluding hydrogens is 398 g/mol. The fraction of sp³-hybridized carbons (Fsp3) is 0.0400. The third-order valence-electron chi connectivity index (χ3n) is 4.77. The van der Waals surface area contributed by atoms with Crippen molar-refractivity contribution in [3.05, 3.63) is 94.7 Å². The Hall–Kier alpha value is -3.81. The summed E-state index contributed by atoms with van der Waals surface area (Å²) < 4.78 is 10.7. The summed E-state index contributed by atoms with van der Waals surface area (Å²) >= 11 is 6.09. The maximum Gasteiger partial charge on any atom is 0.339 e. The van der Waals surface area contributed by atoms with Crippen molar-refractivity contribution in [3.8, 4) is 17.4 Å². The minimum atomic E-state index is -0.517. The molecule has 4 aromatic rings. The van der Waals surface area contributed by atoms with Crippen LogP contribution < -0.4 is 0 Å². The molecule has 1 aromatic heterocycles. The van der Waals surface area contributed by atoms with Crippen LogP contribution in [0.5, 0.6) is 0 Å². The average molecular weight is 414 g/mol. The summed E-state index contributed by atoms with van der Waals surface area (Å²) in [4.78, 5) is 11.9. The van der Waals surface area contributed by atoms with Gasteiger partial charge in [-0.05, 0) is 47.2 Å². The predicted molar refractivity (Wildman–Crippen MR) is 118 cm³/mol. The maximum atomic E-state index is 11.9. The smallest absolute Gasteiger partial charge is 0.339 e. The number of allylic oxidation sites excluding steroid dienone is 1.